The van der Waals surface area contributed by atoms with Crippen LogP contribution in [0.1, 0.15) is 25.6 Å². The first kappa shape index (κ1) is 14.8. The zero-order valence-electron chi connectivity index (χ0n) is 11.6. The Bertz CT molecular complexity index is 623. The summed E-state index contributed by atoms with van der Waals surface area (Å²) in [5.74, 6) is 0.690. The average Bonchev–Trinajstić information content (AvgIpc) is 2.82. The highest BCUT2D eigenvalue weighted by Gasteiger charge is 2.31. The van der Waals surface area contributed by atoms with Gasteiger partial charge in [0.15, 0.2) is 5.03 Å². The fraction of sp³-hybridized carbons (Fsp3) is 0.727. The molecule has 110 valence electrons. The maximum atomic E-state index is 12.5. The van der Waals surface area contributed by atoms with Crippen molar-refractivity contribution in [1.82, 2.24) is 13.9 Å². The molecule has 0 radical (unpaired) electrons. The van der Waals surface area contributed by atoms with E-state index >= 15 is 0 Å². The van der Waals surface area contributed by atoms with Crippen molar-refractivity contribution in [3.63, 3.8) is 0 Å². The summed E-state index contributed by atoms with van der Waals surface area (Å²) in [4.78, 5) is 6.91. The van der Waals surface area contributed by atoms with E-state index in [-0.39, 0.29) is 11.1 Å². The number of hydrogen-bond acceptors (Lipinski definition) is 4. The molecule has 1 aliphatic rings. The Labute approximate surface area is 118 Å². The van der Waals surface area contributed by atoms with Gasteiger partial charge < -0.3 is 4.57 Å². The van der Waals surface area contributed by atoms with Crippen LogP contribution in [0.15, 0.2) is 16.3 Å². The molecule has 1 aliphatic heterocycles. The third-order valence-corrected chi connectivity index (χ3v) is 5.31. The van der Waals surface area contributed by atoms with Crippen LogP contribution in [0.4, 0.5) is 0 Å². The minimum absolute atomic E-state index is 0.0964. The Morgan fingerprint density at radius 2 is 2.15 bits per heavy atom. The number of azide groups is 1. The second-order valence-electron chi connectivity index (χ2n) is 4.75. The van der Waals surface area contributed by atoms with Crippen LogP contribution in [-0.2, 0) is 16.6 Å². The molecule has 0 N–H and O–H groups in total. The summed E-state index contributed by atoms with van der Waals surface area (Å²) in [5.41, 5.74) is 8.40. The van der Waals surface area contributed by atoms with Crippen molar-refractivity contribution >= 4 is 10.0 Å². The summed E-state index contributed by atoms with van der Waals surface area (Å²) in [6.45, 7) is 5.15. The summed E-state index contributed by atoms with van der Waals surface area (Å²) in [5, 5.41) is 3.74. The highest BCUT2D eigenvalue weighted by molar-refractivity contribution is 7.89. The van der Waals surface area contributed by atoms with Crippen molar-refractivity contribution in [3.05, 3.63) is 22.5 Å². The fourth-order valence-corrected chi connectivity index (χ4v) is 3.79. The molecule has 2 heterocycles. The summed E-state index contributed by atoms with van der Waals surface area (Å²) >= 11 is 0. The van der Waals surface area contributed by atoms with Crippen molar-refractivity contribution in [1.29, 1.82) is 0 Å². The normalized spacial score (nSPS) is 17.9. The van der Waals surface area contributed by atoms with Gasteiger partial charge in [-0.25, -0.2) is 13.4 Å². The molecular weight excluding hydrogens is 280 g/mol. The van der Waals surface area contributed by atoms with Crippen LogP contribution in [0.2, 0.25) is 0 Å². The van der Waals surface area contributed by atoms with Crippen LogP contribution < -0.4 is 0 Å². The largest absolute Gasteiger partial charge is 0.334 e. The first-order valence-corrected chi connectivity index (χ1v) is 8.01. The number of rotatable bonds is 4. The number of nitrogens with zero attached hydrogens (tertiary/aromatic N) is 6. The first-order chi connectivity index (χ1) is 9.48. The Kier molecular flexibility index (Phi) is 4.32. The number of aryl methyl sites for hydroxylation is 2. The fourth-order valence-electron chi connectivity index (χ4n) is 2.33. The van der Waals surface area contributed by atoms with E-state index in [1.54, 1.807) is 17.7 Å². The molecule has 0 atom stereocenters. The van der Waals surface area contributed by atoms with Gasteiger partial charge in [0.1, 0.15) is 5.82 Å². The highest BCUT2D eigenvalue weighted by atomic mass is 32.2. The first-order valence-electron chi connectivity index (χ1n) is 6.57. The molecule has 0 aliphatic carbocycles. The molecule has 0 saturated carbocycles. The molecule has 0 spiro atoms. The van der Waals surface area contributed by atoms with Gasteiger partial charge in [0.2, 0.25) is 0 Å². The Morgan fingerprint density at radius 1 is 1.50 bits per heavy atom. The maximum absolute atomic E-state index is 12.5. The molecular formula is C11H18N6O2S. The number of piperidine rings is 1. The van der Waals surface area contributed by atoms with Crippen LogP contribution in [-0.4, -0.2) is 41.4 Å². The lowest BCUT2D eigenvalue weighted by atomic mass is 10.1. The summed E-state index contributed by atoms with van der Waals surface area (Å²) in [6, 6.07) is -0.110. The maximum Gasteiger partial charge on any atom is 0.262 e. The average molecular weight is 298 g/mol. The molecule has 1 fully saturated rings. The van der Waals surface area contributed by atoms with Crippen molar-refractivity contribution in [2.45, 2.75) is 44.3 Å². The molecule has 9 heteroatoms. The molecule has 1 aromatic heterocycles. The quantitative estimate of drug-likeness (QED) is 0.479. The lowest BCUT2D eigenvalue weighted by Gasteiger charge is -2.28. The summed E-state index contributed by atoms with van der Waals surface area (Å²) in [7, 11) is -3.55. The monoisotopic (exact) mass is 298 g/mol. The molecule has 20 heavy (non-hydrogen) atoms. The second kappa shape index (κ2) is 5.82. The van der Waals surface area contributed by atoms with E-state index in [2.05, 4.69) is 15.0 Å². The molecule has 8 nitrogen and oxygen atoms in total. The van der Waals surface area contributed by atoms with Gasteiger partial charge in [0, 0.05) is 36.8 Å². The molecule has 1 saturated heterocycles. The minimum Gasteiger partial charge on any atom is -0.334 e. The van der Waals surface area contributed by atoms with E-state index in [9.17, 15) is 8.42 Å². The van der Waals surface area contributed by atoms with E-state index in [1.165, 1.54) is 4.31 Å². The van der Waals surface area contributed by atoms with Crippen molar-refractivity contribution in [2.24, 2.45) is 5.11 Å². The Morgan fingerprint density at radius 3 is 2.65 bits per heavy atom. The number of imidazole rings is 1. The van der Waals surface area contributed by atoms with Crippen LogP contribution in [0.3, 0.4) is 0 Å². The van der Waals surface area contributed by atoms with Gasteiger partial charge in [-0.15, -0.1) is 0 Å². The molecule has 2 rings (SSSR count). The van der Waals surface area contributed by atoms with E-state index in [0.717, 1.165) is 0 Å². The predicted molar refractivity (Wildman–Crippen MR) is 73.6 cm³/mol. The highest BCUT2D eigenvalue weighted by Crippen LogP contribution is 2.21. The topological polar surface area (TPSA) is 104 Å². The summed E-state index contributed by atoms with van der Waals surface area (Å²) in [6.07, 6.45) is 2.68. The van der Waals surface area contributed by atoms with Gasteiger partial charge in [-0.05, 0) is 32.2 Å². The Hall–Kier alpha value is -1.57. The van der Waals surface area contributed by atoms with Crippen molar-refractivity contribution in [2.75, 3.05) is 13.1 Å². The second-order valence-corrected chi connectivity index (χ2v) is 6.64. The number of hydrogen-bond donors (Lipinski definition) is 0. The summed E-state index contributed by atoms with van der Waals surface area (Å²) < 4.78 is 28.2. The van der Waals surface area contributed by atoms with Crippen LogP contribution in [0.25, 0.3) is 10.4 Å². The number of aromatic nitrogens is 2. The minimum atomic E-state index is -3.55. The van der Waals surface area contributed by atoms with Gasteiger partial charge >= 0.3 is 0 Å². The standard InChI is InChI=1S/C11H18N6O2S/c1-3-16-8-11(13-9(16)2)20(18,19)17-6-4-10(5-7-17)14-15-12/h8,10H,3-7H2,1-2H3. The molecule has 0 bridgehead atoms. The van der Waals surface area contributed by atoms with Crippen LogP contribution in [0, 0.1) is 6.92 Å². The van der Waals surface area contributed by atoms with Crippen LogP contribution in [0.5, 0.6) is 0 Å². The predicted octanol–water partition coefficient (Wildman–Crippen LogP) is 1.67. The molecule has 0 aromatic carbocycles. The lowest BCUT2D eigenvalue weighted by molar-refractivity contribution is 0.319. The molecule has 1 aromatic rings. The van der Waals surface area contributed by atoms with Gasteiger partial charge in [0.05, 0.1) is 0 Å². The van der Waals surface area contributed by atoms with Crippen LogP contribution >= 0.6 is 0 Å². The van der Waals surface area contributed by atoms with E-state index < -0.39 is 10.0 Å². The third-order valence-electron chi connectivity index (χ3n) is 3.54. The number of sulfonamides is 1. The third kappa shape index (κ3) is 2.79. The van der Waals surface area contributed by atoms with E-state index in [0.29, 0.717) is 38.3 Å². The lowest BCUT2D eigenvalue weighted by Crippen LogP contribution is -2.39. The van der Waals surface area contributed by atoms with Gasteiger partial charge in [-0.1, -0.05) is 5.11 Å². The van der Waals surface area contributed by atoms with Gasteiger partial charge in [0.25, 0.3) is 10.0 Å². The van der Waals surface area contributed by atoms with E-state index in [1.807, 2.05) is 6.92 Å². The smallest absolute Gasteiger partial charge is 0.262 e. The molecule has 0 amide bonds. The van der Waals surface area contributed by atoms with Crippen molar-refractivity contribution in [3.8, 4) is 0 Å². The van der Waals surface area contributed by atoms with Gasteiger partial charge in [-0.2, -0.15) is 4.31 Å². The Balaban J connectivity index is 2.17. The van der Waals surface area contributed by atoms with Crippen molar-refractivity contribution < 1.29 is 8.42 Å². The zero-order valence-corrected chi connectivity index (χ0v) is 12.4. The van der Waals surface area contributed by atoms with Gasteiger partial charge in [-0.3, -0.25) is 0 Å². The zero-order chi connectivity index (χ0) is 14.8. The van der Waals surface area contributed by atoms with E-state index in [4.69, 9.17) is 5.53 Å². The molecule has 0 unspecified atom stereocenters. The SMILES string of the molecule is CCn1cc(S(=O)(=O)N2CCC(N=[N+]=[N-])CC2)nc1C.